The van der Waals surface area contributed by atoms with E-state index in [-0.39, 0.29) is 24.5 Å². The zero-order valence-electron chi connectivity index (χ0n) is 16.2. The number of hydrogen-bond donors (Lipinski definition) is 1. The summed E-state index contributed by atoms with van der Waals surface area (Å²) in [6, 6.07) is 16.4. The van der Waals surface area contributed by atoms with Gasteiger partial charge < -0.3 is 14.7 Å². The maximum atomic E-state index is 12.7. The van der Waals surface area contributed by atoms with Crippen molar-refractivity contribution in [3.05, 3.63) is 59.7 Å². The van der Waals surface area contributed by atoms with Crippen molar-refractivity contribution in [2.24, 2.45) is 11.3 Å². The Bertz CT molecular complexity index is 875. The SMILES string of the molecule is CC1(C)CCN(C(=O)OCC2c3ccccc3-c3ccccc32)CC1C(=O)O. The molecule has 1 N–H and O–H groups in total. The molecule has 2 aromatic rings. The van der Waals surface area contributed by atoms with Crippen LogP contribution in [0.15, 0.2) is 48.5 Å². The standard InChI is InChI=1S/C23H25NO4/c1-23(2)11-12-24(13-20(23)21(25)26)22(27)28-14-19-17-9-5-3-7-15(17)16-8-4-6-10-18(16)19/h3-10,19-20H,11-14H2,1-2H3,(H,25,26). The van der Waals surface area contributed by atoms with Crippen molar-refractivity contribution in [1.29, 1.82) is 0 Å². The van der Waals surface area contributed by atoms with Gasteiger partial charge in [0, 0.05) is 19.0 Å². The first kappa shape index (κ1) is 18.5. The van der Waals surface area contributed by atoms with Crippen LogP contribution < -0.4 is 0 Å². The van der Waals surface area contributed by atoms with Crippen LogP contribution in [-0.2, 0) is 9.53 Å². The second-order valence-electron chi connectivity index (χ2n) is 8.38. The molecule has 146 valence electrons. The summed E-state index contributed by atoms with van der Waals surface area (Å²) in [5.41, 5.74) is 4.38. The smallest absolute Gasteiger partial charge is 0.409 e. The van der Waals surface area contributed by atoms with Gasteiger partial charge in [0.05, 0.1) is 5.92 Å². The fourth-order valence-electron chi connectivity index (χ4n) is 4.42. The Balaban J connectivity index is 1.48. The lowest BCUT2D eigenvalue weighted by Gasteiger charge is -2.41. The lowest BCUT2D eigenvalue weighted by molar-refractivity contribution is -0.148. The third-order valence-electron chi connectivity index (χ3n) is 6.26. The van der Waals surface area contributed by atoms with Crippen molar-refractivity contribution in [1.82, 2.24) is 4.90 Å². The molecule has 0 bridgehead atoms. The van der Waals surface area contributed by atoms with Crippen molar-refractivity contribution < 1.29 is 19.4 Å². The number of nitrogens with zero attached hydrogens (tertiary/aromatic N) is 1. The Morgan fingerprint density at radius 2 is 1.64 bits per heavy atom. The number of aliphatic carboxylic acids is 1. The zero-order chi connectivity index (χ0) is 19.9. The number of carboxylic acid groups (broad SMARTS) is 1. The van der Waals surface area contributed by atoms with E-state index in [9.17, 15) is 14.7 Å². The van der Waals surface area contributed by atoms with Gasteiger partial charge in [-0.2, -0.15) is 0 Å². The molecular weight excluding hydrogens is 354 g/mol. The number of fused-ring (bicyclic) bond motifs is 3. The van der Waals surface area contributed by atoms with Gasteiger partial charge in [0.1, 0.15) is 6.61 Å². The first-order valence-corrected chi connectivity index (χ1v) is 9.71. The van der Waals surface area contributed by atoms with Gasteiger partial charge >= 0.3 is 12.1 Å². The largest absolute Gasteiger partial charge is 0.481 e. The van der Waals surface area contributed by atoms with Crippen LogP contribution in [0, 0.1) is 11.3 Å². The topological polar surface area (TPSA) is 66.8 Å². The third-order valence-corrected chi connectivity index (χ3v) is 6.26. The van der Waals surface area contributed by atoms with Gasteiger partial charge in [-0.3, -0.25) is 4.79 Å². The van der Waals surface area contributed by atoms with Crippen molar-refractivity contribution in [3.8, 4) is 11.1 Å². The molecular formula is C23H25NO4. The molecule has 0 saturated carbocycles. The maximum Gasteiger partial charge on any atom is 0.409 e. The van der Waals surface area contributed by atoms with Crippen LogP contribution in [0.25, 0.3) is 11.1 Å². The Morgan fingerprint density at radius 1 is 1.07 bits per heavy atom. The number of hydrogen-bond acceptors (Lipinski definition) is 3. The molecule has 1 saturated heterocycles. The summed E-state index contributed by atoms with van der Waals surface area (Å²) < 4.78 is 5.67. The van der Waals surface area contributed by atoms with Crippen LogP contribution in [0.3, 0.4) is 0 Å². The molecule has 1 heterocycles. The lowest BCUT2D eigenvalue weighted by atomic mass is 9.73. The number of piperidine rings is 1. The molecule has 1 fully saturated rings. The fourth-order valence-corrected chi connectivity index (χ4v) is 4.42. The molecule has 1 aliphatic carbocycles. The number of ether oxygens (including phenoxy) is 1. The number of benzene rings is 2. The van der Waals surface area contributed by atoms with Crippen molar-refractivity contribution >= 4 is 12.1 Å². The number of carboxylic acids is 1. The van der Waals surface area contributed by atoms with E-state index in [1.54, 1.807) is 0 Å². The normalized spacial score (nSPS) is 20.4. The molecule has 1 amide bonds. The molecule has 0 radical (unpaired) electrons. The van der Waals surface area contributed by atoms with Crippen molar-refractivity contribution in [3.63, 3.8) is 0 Å². The molecule has 1 unspecified atom stereocenters. The van der Waals surface area contributed by atoms with Crippen LogP contribution in [0.2, 0.25) is 0 Å². The highest BCUT2D eigenvalue weighted by molar-refractivity contribution is 5.79. The molecule has 4 rings (SSSR count). The Labute approximate surface area is 164 Å². The van der Waals surface area contributed by atoms with E-state index in [0.717, 1.165) is 0 Å². The van der Waals surface area contributed by atoms with Gasteiger partial charge in [-0.15, -0.1) is 0 Å². The van der Waals surface area contributed by atoms with Crippen LogP contribution in [0.4, 0.5) is 4.79 Å². The maximum absolute atomic E-state index is 12.7. The molecule has 0 spiro atoms. The average Bonchev–Trinajstić information content (AvgIpc) is 2.99. The summed E-state index contributed by atoms with van der Waals surface area (Å²) in [6.07, 6.45) is 0.220. The average molecular weight is 379 g/mol. The van der Waals surface area contributed by atoms with Gasteiger partial charge in [-0.1, -0.05) is 62.4 Å². The predicted molar refractivity (Wildman–Crippen MR) is 106 cm³/mol. The van der Waals surface area contributed by atoms with E-state index < -0.39 is 18.0 Å². The number of carbonyl (C=O) groups excluding carboxylic acids is 1. The molecule has 5 nitrogen and oxygen atoms in total. The quantitative estimate of drug-likeness (QED) is 0.860. The summed E-state index contributed by atoms with van der Waals surface area (Å²) >= 11 is 0. The van der Waals surface area contributed by atoms with E-state index in [2.05, 4.69) is 24.3 Å². The zero-order valence-corrected chi connectivity index (χ0v) is 16.2. The number of amides is 1. The minimum absolute atomic E-state index is 0.00727. The van der Waals surface area contributed by atoms with Crippen LogP contribution in [0.5, 0.6) is 0 Å². The Kier molecular flexibility index (Phi) is 4.61. The number of carbonyl (C=O) groups is 2. The van der Waals surface area contributed by atoms with Crippen LogP contribution in [0.1, 0.15) is 37.3 Å². The van der Waals surface area contributed by atoms with Gasteiger partial charge in [0.15, 0.2) is 0 Å². The highest BCUT2D eigenvalue weighted by Gasteiger charge is 2.42. The number of likely N-dealkylation sites (tertiary alicyclic amines) is 1. The predicted octanol–water partition coefficient (Wildman–Crippen LogP) is 4.37. The van der Waals surface area contributed by atoms with E-state index in [1.165, 1.54) is 27.2 Å². The minimum Gasteiger partial charge on any atom is -0.481 e. The van der Waals surface area contributed by atoms with Gasteiger partial charge in [0.2, 0.25) is 0 Å². The highest BCUT2D eigenvalue weighted by atomic mass is 16.6. The molecule has 5 heteroatoms. The first-order chi connectivity index (χ1) is 13.4. The van der Waals surface area contributed by atoms with Gasteiger partial charge in [0.25, 0.3) is 0 Å². The third kappa shape index (κ3) is 3.15. The summed E-state index contributed by atoms with van der Waals surface area (Å²) in [4.78, 5) is 25.8. The summed E-state index contributed by atoms with van der Waals surface area (Å²) in [5.74, 6) is -1.43. The summed E-state index contributed by atoms with van der Waals surface area (Å²) in [6.45, 7) is 4.86. The molecule has 1 atom stereocenters. The molecule has 2 aliphatic rings. The molecule has 0 aromatic heterocycles. The Morgan fingerprint density at radius 3 is 2.21 bits per heavy atom. The first-order valence-electron chi connectivity index (χ1n) is 9.71. The van der Waals surface area contributed by atoms with Crippen molar-refractivity contribution in [2.45, 2.75) is 26.2 Å². The van der Waals surface area contributed by atoms with E-state index >= 15 is 0 Å². The molecule has 2 aromatic carbocycles. The second kappa shape index (κ2) is 6.97. The second-order valence-corrected chi connectivity index (χ2v) is 8.38. The number of rotatable bonds is 3. The summed E-state index contributed by atoms with van der Waals surface area (Å²) in [7, 11) is 0. The van der Waals surface area contributed by atoms with Gasteiger partial charge in [-0.05, 0) is 34.1 Å². The fraction of sp³-hybridized carbons (Fsp3) is 0.391. The highest BCUT2D eigenvalue weighted by Crippen LogP contribution is 2.44. The monoisotopic (exact) mass is 379 g/mol. The molecule has 28 heavy (non-hydrogen) atoms. The molecule has 1 aliphatic heterocycles. The van der Waals surface area contributed by atoms with E-state index in [1.807, 2.05) is 38.1 Å². The van der Waals surface area contributed by atoms with Crippen LogP contribution >= 0.6 is 0 Å². The van der Waals surface area contributed by atoms with Crippen LogP contribution in [-0.4, -0.2) is 41.8 Å². The van der Waals surface area contributed by atoms with E-state index in [0.29, 0.717) is 13.0 Å². The van der Waals surface area contributed by atoms with E-state index in [4.69, 9.17) is 4.74 Å². The summed E-state index contributed by atoms with van der Waals surface area (Å²) in [5, 5.41) is 9.52. The minimum atomic E-state index is -0.860. The Hall–Kier alpha value is -2.82. The lowest BCUT2D eigenvalue weighted by Crippen LogP contribution is -2.50. The van der Waals surface area contributed by atoms with Gasteiger partial charge in [-0.25, -0.2) is 4.79 Å². The van der Waals surface area contributed by atoms with Crippen molar-refractivity contribution in [2.75, 3.05) is 19.7 Å².